The first kappa shape index (κ1) is 15.1. The monoisotopic (exact) mass is 277 g/mol. The fraction of sp³-hybridized carbons (Fsp3) is 0.200. The van der Waals surface area contributed by atoms with Gasteiger partial charge in [0.2, 0.25) is 0 Å². The molecule has 2 rings (SSSR count). The van der Waals surface area contributed by atoms with Gasteiger partial charge in [-0.25, -0.2) is 0 Å². The summed E-state index contributed by atoms with van der Waals surface area (Å²) < 4.78 is 0. The van der Waals surface area contributed by atoms with E-state index in [4.69, 9.17) is 0 Å². The van der Waals surface area contributed by atoms with E-state index in [1.807, 2.05) is 25.2 Å². The molecule has 1 aromatic heterocycles. The first-order valence-electron chi connectivity index (χ1n) is 7.40. The maximum atomic E-state index is 3.96. The van der Waals surface area contributed by atoms with Gasteiger partial charge in [0.1, 0.15) is 0 Å². The Kier molecular flexibility index (Phi) is 4.99. The van der Waals surface area contributed by atoms with Crippen LogP contribution in [0.2, 0.25) is 0 Å². The second kappa shape index (κ2) is 6.94. The van der Waals surface area contributed by atoms with E-state index in [0.29, 0.717) is 0 Å². The molecule has 0 spiro atoms. The van der Waals surface area contributed by atoms with Crippen LogP contribution in [0.25, 0.3) is 24.3 Å². The van der Waals surface area contributed by atoms with Crippen molar-refractivity contribution < 1.29 is 0 Å². The van der Waals surface area contributed by atoms with E-state index in [9.17, 15) is 0 Å². The molecule has 108 valence electrons. The van der Waals surface area contributed by atoms with Gasteiger partial charge in [0, 0.05) is 22.5 Å². The third-order valence-electron chi connectivity index (χ3n) is 3.69. The van der Waals surface area contributed by atoms with Crippen molar-refractivity contribution in [2.45, 2.75) is 26.7 Å². The van der Waals surface area contributed by atoms with Crippen molar-refractivity contribution in [1.82, 2.24) is 4.98 Å². The van der Waals surface area contributed by atoms with Crippen LogP contribution < -0.4 is 0 Å². The van der Waals surface area contributed by atoms with E-state index >= 15 is 0 Å². The van der Waals surface area contributed by atoms with Gasteiger partial charge in [0.25, 0.3) is 0 Å². The number of rotatable bonds is 5. The largest absolute Gasteiger partial charge is 0.355 e. The van der Waals surface area contributed by atoms with Crippen molar-refractivity contribution in [3.63, 3.8) is 0 Å². The van der Waals surface area contributed by atoms with Gasteiger partial charge in [-0.15, -0.1) is 0 Å². The van der Waals surface area contributed by atoms with Crippen LogP contribution in [0.1, 0.15) is 49.2 Å². The molecule has 0 radical (unpaired) electrons. The van der Waals surface area contributed by atoms with E-state index in [1.165, 1.54) is 11.1 Å². The SMILES string of the molecule is C=Cc1[nH]c(/C=C\C)c(C=C)c1/C=C(\C)C1=CCCC=C1. The lowest BCUT2D eigenvalue weighted by atomic mass is 9.97. The zero-order chi connectivity index (χ0) is 15.2. The number of allylic oxidation sites excluding steroid dienone is 6. The summed E-state index contributed by atoms with van der Waals surface area (Å²) in [6, 6.07) is 0. The summed E-state index contributed by atoms with van der Waals surface area (Å²) in [5.41, 5.74) is 6.98. The molecule has 1 aliphatic carbocycles. The molecule has 1 aromatic rings. The Morgan fingerprint density at radius 3 is 2.52 bits per heavy atom. The minimum Gasteiger partial charge on any atom is -0.355 e. The molecular weight excluding hydrogens is 254 g/mol. The molecular formula is C20H23N. The molecule has 0 saturated carbocycles. The number of aromatic amines is 1. The summed E-state index contributed by atoms with van der Waals surface area (Å²) in [5.74, 6) is 0. The van der Waals surface area contributed by atoms with Gasteiger partial charge in [-0.1, -0.05) is 43.5 Å². The standard InChI is InChI=1S/C20H23N/c1-5-11-20-17(6-2)18(19(7-3)21-20)14-15(4)16-12-9-8-10-13-16/h5-7,9,11-14,21H,2-3,8,10H2,1,4H3/b11-5-,15-14+. The predicted octanol–water partition coefficient (Wildman–Crippen LogP) is 6.01. The normalized spacial score (nSPS) is 15.3. The predicted molar refractivity (Wildman–Crippen MR) is 95.8 cm³/mol. The van der Waals surface area contributed by atoms with Crippen molar-refractivity contribution in [3.05, 3.63) is 71.1 Å². The Hall–Kier alpha value is -2.28. The summed E-state index contributed by atoms with van der Waals surface area (Å²) in [6.45, 7) is 12.0. The minimum absolute atomic E-state index is 1.04. The van der Waals surface area contributed by atoms with Gasteiger partial charge in [0.15, 0.2) is 0 Å². The number of hydrogen-bond acceptors (Lipinski definition) is 0. The summed E-state index contributed by atoms with van der Waals surface area (Å²) in [5, 5.41) is 0. The number of aromatic nitrogens is 1. The molecule has 0 fully saturated rings. The first-order valence-corrected chi connectivity index (χ1v) is 7.40. The van der Waals surface area contributed by atoms with Crippen LogP contribution in [0.15, 0.2) is 48.6 Å². The van der Waals surface area contributed by atoms with Crippen LogP contribution in [0.4, 0.5) is 0 Å². The highest BCUT2D eigenvalue weighted by Crippen LogP contribution is 2.28. The van der Waals surface area contributed by atoms with E-state index in [2.05, 4.69) is 55.4 Å². The quantitative estimate of drug-likeness (QED) is 0.678. The molecule has 0 aromatic carbocycles. The summed E-state index contributed by atoms with van der Waals surface area (Å²) >= 11 is 0. The van der Waals surface area contributed by atoms with Gasteiger partial charge < -0.3 is 4.98 Å². The van der Waals surface area contributed by atoms with Crippen molar-refractivity contribution in [2.75, 3.05) is 0 Å². The van der Waals surface area contributed by atoms with Crippen LogP contribution in [0.5, 0.6) is 0 Å². The molecule has 0 bridgehead atoms. The van der Waals surface area contributed by atoms with Crippen molar-refractivity contribution >= 4 is 24.3 Å². The highest BCUT2D eigenvalue weighted by molar-refractivity contribution is 5.80. The zero-order valence-electron chi connectivity index (χ0n) is 12.9. The van der Waals surface area contributed by atoms with Crippen LogP contribution in [-0.4, -0.2) is 4.98 Å². The maximum absolute atomic E-state index is 3.96. The molecule has 0 unspecified atom stereocenters. The highest BCUT2D eigenvalue weighted by Gasteiger charge is 2.11. The molecule has 1 nitrogen and oxygen atoms in total. The number of H-pyrrole nitrogens is 1. The third-order valence-corrected chi connectivity index (χ3v) is 3.69. The van der Waals surface area contributed by atoms with Crippen LogP contribution in [0.3, 0.4) is 0 Å². The third kappa shape index (κ3) is 3.25. The van der Waals surface area contributed by atoms with Gasteiger partial charge in [-0.05, 0) is 56.1 Å². The van der Waals surface area contributed by atoms with E-state index < -0.39 is 0 Å². The van der Waals surface area contributed by atoms with Crippen molar-refractivity contribution in [3.8, 4) is 0 Å². The van der Waals surface area contributed by atoms with Gasteiger partial charge >= 0.3 is 0 Å². The Morgan fingerprint density at radius 2 is 1.95 bits per heavy atom. The highest BCUT2D eigenvalue weighted by atomic mass is 14.7. The Balaban J connectivity index is 2.51. The summed E-state index contributed by atoms with van der Waals surface area (Å²) in [6.07, 6.45) is 19.1. The van der Waals surface area contributed by atoms with Crippen LogP contribution >= 0.6 is 0 Å². The molecule has 0 amide bonds. The zero-order valence-corrected chi connectivity index (χ0v) is 12.9. The molecule has 21 heavy (non-hydrogen) atoms. The van der Waals surface area contributed by atoms with Crippen LogP contribution in [0, 0.1) is 0 Å². The minimum atomic E-state index is 1.04. The number of hydrogen-bond donors (Lipinski definition) is 1. The lowest BCUT2D eigenvalue weighted by Gasteiger charge is -2.08. The maximum Gasteiger partial charge on any atom is 0.0461 e. The van der Waals surface area contributed by atoms with Gasteiger partial charge in [-0.3, -0.25) is 0 Å². The fourth-order valence-corrected chi connectivity index (χ4v) is 2.61. The first-order chi connectivity index (χ1) is 10.2. The van der Waals surface area contributed by atoms with E-state index in [-0.39, 0.29) is 0 Å². The average molecular weight is 277 g/mol. The summed E-state index contributed by atoms with van der Waals surface area (Å²) in [4.78, 5) is 3.40. The molecule has 0 aliphatic heterocycles. The smallest absolute Gasteiger partial charge is 0.0461 e. The fourth-order valence-electron chi connectivity index (χ4n) is 2.61. The van der Waals surface area contributed by atoms with Crippen LogP contribution in [-0.2, 0) is 0 Å². The molecule has 1 N–H and O–H groups in total. The van der Waals surface area contributed by atoms with E-state index in [0.717, 1.165) is 35.4 Å². The summed E-state index contributed by atoms with van der Waals surface area (Å²) in [7, 11) is 0. The van der Waals surface area contributed by atoms with Gasteiger partial charge in [0.05, 0.1) is 0 Å². The average Bonchev–Trinajstić information content (AvgIpc) is 2.85. The number of nitrogens with one attached hydrogen (secondary N) is 1. The molecule has 1 aliphatic rings. The van der Waals surface area contributed by atoms with E-state index in [1.54, 1.807) is 0 Å². The lowest BCUT2D eigenvalue weighted by molar-refractivity contribution is 1.02. The van der Waals surface area contributed by atoms with Crippen molar-refractivity contribution in [2.24, 2.45) is 0 Å². The lowest BCUT2D eigenvalue weighted by Crippen LogP contribution is -1.88. The topological polar surface area (TPSA) is 15.8 Å². The molecule has 0 atom stereocenters. The Bertz CT molecular complexity index is 660. The molecule has 1 heteroatoms. The second-order valence-corrected chi connectivity index (χ2v) is 5.15. The van der Waals surface area contributed by atoms with Gasteiger partial charge in [-0.2, -0.15) is 0 Å². The second-order valence-electron chi connectivity index (χ2n) is 5.15. The molecule has 0 saturated heterocycles. The van der Waals surface area contributed by atoms with Crippen molar-refractivity contribution in [1.29, 1.82) is 0 Å². The Morgan fingerprint density at radius 1 is 1.14 bits per heavy atom. The Labute approximate surface area is 127 Å². The molecule has 1 heterocycles.